The molecule has 0 radical (unpaired) electrons. The van der Waals surface area contributed by atoms with Gasteiger partial charge in [0.1, 0.15) is 12.3 Å². The molecule has 9 heteroatoms. The van der Waals surface area contributed by atoms with Crippen LogP contribution >= 0.6 is 0 Å². The fourth-order valence-corrected chi connectivity index (χ4v) is 8.67. The van der Waals surface area contributed by atoms with Gasteiger partial charge in [-0.15, -0.1) is 0 Å². The van der Waals surface area contributed by atoms with Crippen LogP contribution in [0.1, 0.15) is 102 Å². The summed E-state index contributed by atoms with van der Waals surface area (Å²) in [5.74, 6) is 1.44. The second-order valence-corrected chi connectivity index (χ2v) is 12.9. The van der Waals surface area contributed by atoms with Crippen LogP contribution in [0.15, 0.2) is 34.2 Å². The van der Waals surface area contributed by atoms with E-state index in [-0.39, 0.29) is 55.9 Å². The second-order valence-electron chi connectivity index (χ2n) is 12.9. The van der Waals surface area contributed by atoms with E-state index in [4.69, 9.17) is 14.6 Å². The second kappa shape index (κ2) is 13.2. The van der Waals surface area contributed by atoms with Crippen molar-refractivity contribution in [2.75, 3.05) is 19.8 Å². The number of ether oxygens (including phenoxy) is 1. The monoisotopic (exact) mass is 578 g/mol. The van der Waals surface area contributed by atoms with Gasteiger partial charge in [-0.2, -0.15) is 0 Å². The molecule has 2 aromatic rings. The number of carbonyl (C=O) groups is 1. The van der Waals surface area contributed by atoms with Gasteiger partial charge in [0.2, 0.25) is 0 Å². The summed E-state index contributed by atoms with van der Waals surface area (Å²) in [4.78, 5) is 39.5. The van der Waals surface area contributed by atoms with Crippen molar-refractivity contribution in [3.8, 4) is 0 Å². The first-order valence-electron chi connectivity index (χ1n) is 16.3. The van der Waals surface area contributed by atoms with Crippen LogP contribution in [-0.2, 0) is 14.4 Å². The maximum absolute atomic E-state index is 14.3. The smallest absolute Gasteiger partial charge is 0.306 e. The number of aliphatic hydroxyl groups excluding tert-OH is 1. The number of nitrogens with zero attached hydrogens (tertiary/aromatic N) is 4. The average Bonchev–Trinajstić information content (AvgIpc) is 2.98. The summed E-state index contributed by atoms with van der Waals surface area (Å²) in [6.45, 7) is 1.85. The zero-order valence-electron chi connectivity index (χ0n) is 25.0. The standard InChI is InChI=1S/C33H46N4O5/c1-2-41-31(39)14-13-29(35-42-16-15-38)32-33(40)37(30-12-4-3-11-28(30)34-32)27-20-24-9-6-10-25(21-27)36(24)26-18-22-7-5-8-23(17-22)19-26/h3-4,11-12,22-27,38H,2,5-10,13-21H2,1H3/t22?,23?,24-,25+,26?,27?. The molecule has 6 rings (SSSR count). The number of hydrogen-bond donors (Lipinski definition) is 1. The van der Waals surface area contributed by atoms with Gasteiger partial charge >= 0.3 is 5.97 Å². The van der Waals surface area contributed by atoms with E-state index >= 15 is 0 Å². The summed E-state index contributed by atoms with van der Waals surface area (Å²) in [5.41, 5.74) is 1.91. The number of fused-ring (bicyclic) bond motifs is 5. The normalized spacial score (nSPS) is 29.8. The van der Waals surface area contributed by atoms with Crippen LogP contribution in [0.25, 0.3) is 11.0 Å². The third-order valence-electron chi connectivity index (χ3n) is 10.2. The number of hydrogen-bond acceptors (Lipinski definition) is 8. The molecule has 2 saturated heterocycles. The Kier molecular flexibility index (Phi) is 9.24. The maximum Gasteiger partial charge on any atom is 0.306 e. The van der Waals surface area contributed by atoms with Gasteiger partial charge in [-0.25, -0.2) is 4.98 Å². The highest BCUT2D eigenvalue weighted by atomic mass is 16.6. The number of rotatable bonds is 10. The molecule has 3 unspecified atom stereocenters. The van der Waals surface area contributed by atoms with E-state index in [0.717, 1.165) is 35.7 Å². The molecular weight excluding hydrogens is 532 g/mol. The minimum atomic E-state index is -0.361. The summed E-state index contributed by atoms with van der Waals surface area (Å²) >= 11 is 0. The first-order chi connectivity index (χ1) is 20.6. The van der Waals surface area contributed by atoms with Gasteiger partial charge in [-0.3, -0.25) is 14.5 Å². The van der Waals surface area contributed by atoms with Crippen molar-refractivity contribution >= 4 is 22.7 Å². The Labute approximate surface area is 248 Å². The minimum Gasteiger partial charge on any atom is -0.466 e. The van der Waals surface area contributed by atoms with E-state index in [1.54, 1.807) is 6.92 Å². The summed E-state index contributed by atoms with van der Waals surface area (Å²) in [5, 5.41) is 13.4. The Balaban J connectivity index is 1.32. The maximum atomic E-state index is 14.3. The third-order valence-corrected chi connectivity index (χ3v) is 10.2. The highest BCUT2D eigenvalue weighted by Gasteiger charge is 2.45. The number of benzene rings is 1. The number of aromatic nitrogens is 2. The van der Waals surface area contributed by atoms with Crippen LogP contribution in [0.2, 0.25) is 0 Å². The lowest BCUT2D eigenvalue weighted by Gasteiger charge is -2.55. The van der Waals surface area contributed by atoms with E-state index in [9.17, 15) is 14.7 Å². The molecule has 2 aliphatic carbocycles. The molecule has 42 heavy (non-hydrogen) atoms. The SMILES string of the molecule is CCOC(=O)CCC(=NOCCO)c1nc2ccccc2n(C2C[C@H]3CCC[C@@H](C2)N3C2CC3CCCC(C3)C2)c1=O. The molecule has 4 aliphatic rings. The van der Waals surface area contributed by atoms with Gasteiger partial charge in [-0.1, -0.05) is 43.0 Å². The Morgan fingerprint density at radius 3 is 2.38 bits per heavy atom. The molecule has 1 N–H and O–H groups in total. The van der Waals surface area contributed by atoms with Crippen LogP contribution in [-0.4, -0.2) is 69.2 Å². The molecule has 4 bridgehead atoms. The molecule has 0 amide bonds. The number of carbonyl (C=O) groups excluding carboxylic acids is 1. The Morgan fingerprint density at radius 2 is 1.67 bits per heavy atom. The summed E-state index contributed by atoms with van der Waals surface area (Å²) < 4.78 is 7.09. The van der Waals surface area contributed by atoms with Gasteiger partial charge in [0.25, 0.3) is 5.56 Å². The van der Waals surface area contributed by atoms with Crippen LogP contribution in [0.3, 0.4) is 0 Å². The molecule has 2 aliphatic heterocycles. The molecule has 228 valence electrons. The van der Waals surface area contributed by atoms with Crippen molar-refractivity contribution < 1.29 is 19.5 Å². The predicted octanol–water partition coefficient (Wildman–Crippen LogP) is 4.98. The van der Waals surface area contributed by atoms with Crippen molar-refractivity contribution in [3.63, 3.8) is 0 Å². The first-order valence-corrected chi connectivity index (χ1v) is 16.3. The summed E-state index contributed by atoms with van der Waals surface area (Å²) in [6.07, 6.45) is 14.2. The highest BCUT2D eigenvalue weighted by Crippen LogP contribution is 2.47. The molecule has 1 aromatic carbocycles. The van der Waals surface area contributed by atoms with Crippen LogP contribution < -0.4 is 5.56 Å². The molecule has 9 nitrogen and oxygen atoms in total. The zero-order chi connectivity index (χ0) is 29.1. The van der Waals surface area contributed by atoms with Gasteiger partial charge in [-0.05, 0) is 75.8 Å². The lowest BCUT2D eigenvalue weighted by molar-refractivity contribution is -0.142. The molecular formula is C33H46N4O5. The van der Waals surface area contributed by atoms with Gasteiger partial charge in [0, 0.05) is 30.6 Å². The summed E-state index contributed by atoms with van der Waals surface area (Å²) in [7, 11) is 0. The van der Waals surface area contributed by atoms with Crippen LogP contribution in [0, 0.1) is 11.8 Å². The fraction of sp³-hybridized carbons (Fsp3) is 0.697. The number of piperidine rings is 2. The Morgan fingerprint density at radius 1 is 0.952 bits per heavy atom. The van der Waals surface area contributed by atoms with Crippen molar-refractivity contribution in [1.29, 1.82) is 0 Å². The largest absolute Gasteiger partial charge is 0.466 e. The Bertz CT molecular complexity index is 1320. The first kappa shape index (κ1) is 29.3. The predicted molar refractivity (Wildman–Crippen MR) is 161 cm³/mol. The van der Waals surface area contributed by atoms with Crippen molar-refractivity contribution in [2.24, 2.45) is 17.0 Å². The van der Waals surface area contributed by atoms with Gasteiger partial charge < -0.3 is 19.2 Å². The molecule has 0 spiro atoms. The van der Waals surface area contributed by atoms with Crippen molar-refractivity contribution in [1.82, 2.24) is 14.5 Å². The van der Waals surface area contributed by atoms with Crippen molar-refractivity contribution in [2.45, 2.75) is 115 Å². The van der Waals surface area contributed by atoms with E-state index < -0.39 is 0 Å². The summed E-state index contributed by atoms with van der Waals surface area (Å²) in [6, 6.07) is 9.59. The molecule has 5 atom stereocenters. The molecule has 3 heterocycles. The van der Waals surface area contributed by atoms with Crippen LogP contribution in [0.5, 0.6) is 0 Å². The van der Waals surface area contributed by atoms with E-state index in [2.05, 4.69) is 10.1 Å². The third kappa shape index (κ3) is 6.13. The average molecular weight is 579 g/mol. The lowest BCUT2D eigenvalue weighted by atomic mass is 9.68. The quantitative estimate of drug-likeness (QED) is 0.183. The van der Waals surface area contributed by atoms with E-state index in [1.165, 1.54) is 57.8 Å². The number of oxime groups is 1. The number of aliphatic hydroxyl groups is 1. The lowest BCUT2D eigenvalue weighted by Crippen LogP contribution is -2.58. The highest BCUT2D eigenvalue weighted by molar-refractivity contribution is 6.00. The molecule has 4 fully saturated rings. The molecule has 1 aromatic heterocycles. The zero-order valence-corrected chi connectivity index (χ0v) is 25.0. The van der Waals surface area contributed by atoms with E-state index in [0.29, 0.717) is 23.8 Å². The van der Waals surface area contributed by atoms with Gasteiger partial charge in [0.05, 0.1) is 30.7 Å². The van der Waals surface area contributed by atoms with Gasteiger partial charge in [0.15, 0.2) is 5.69 Å². The fourth-order valence-electron chi connectivity index (χ4n) is 8.67. The topological polar surface area (TPSA) is 106 Å². The van der Waals surface area contributed by atoms with E-state index in [1.807, 2.05) is 28.8 Å². The Hall–Kier alpha value is -2.78. The molecule has 2 saturated carbocycles. The number of para-hydroxylation sites is 2. The number of esters is 1. The van der Waals surface area contributed by atoms with Crippen molar-refractivity contribution in [3.05, 3.63) is 40.3 Å². The van der Waals surface area contributed by atoms with Crippen LogP contribution in [0.4, 0.5) is 0 Å². The minimum absolute atomic E-state index is 0.00458.